The van der Waals surface area contributed by atoms with Crippen molar-refractivity contribution in [2.75, 3.05) is 13.6 Å². The number of nitrogens with two attached hydrogens (primary N) is 1. The Hall–Kier alpha value is -4.05. The van der Waals surface area contributed by atoms with E-state index in [9.17, 15) is 13.6 Å². The summed E-state index contributed by atoms with van der Waals surface area (Å²) in [5.74, 6) is 0.0152. The lowest BCUT2D eigenvalue weighted by Crippen LogP contribution is -2.35. The number of amides is 1. The van der Waals surface area contributed by atoms with Crippen LogP contribution in [-0.2, 0) is 5.54 Å². The standard InChI is InChI=1S/C27H23F2N5O3/c1-27(30)12-36-21-9-14(11-31-23(21)27)13-6-7-16-17(8-13)34-18-10-19(24(34)32-16)33(2)25(35)15-4-3-5-20(22(15)18)37-26(28)29/h3-9,11,18-19,26H,10,12,30H2,1-2H3/t18-,19-,27-/m1/s1/i2D3. The molecule has 2 bridgehead atoms. The van der Waals surface area contributed by atoms with Crippen LogP contribution in [0.15, 0.2) is 48.7 Å². The van der Waals surface area contributed by atoms with Gasteiger partial charge in [0, 0.05) is 40.4 Å². The molecule has 0 aliphatic carbocycles. The summed E-state index contributed by atoms with van der Waals surface area (Å²) in [4.78, 5) is 23.7. The summed E-state index contributed by atoms with van der Waals surface area (Å²) in [5, 5.41) is 0. The summed E-state index contributed by atoms with van der Waals surface area (Å²) >= 11 is 0. The molecule has 3 atom stereocenters. The molecule has 4 aromatic rings. The number of hydrogen-bond donors (Lipinski definition) is 1. The molecule has 7 rings (SSSR count). The maximum absolute atomic E-state index is 13.6. The van der Waals surface area contributed by atoms with Gasteiger partial charge in [-0.1, -0.05) is 12.1 Å². The molecule has 37 heavy (non-hydrogen) atoms. The van der Waals surface area contributed by atoms with Crippen LogP contribution in [0.2, 0.25) is 0 Å². The highest BCUT2D eigenvalue weighted by atomic mass is 19.3. The van der Waals surface area contributed by atoms with Gasteiger partial charge in [0.05, 0.1) is 28.7 Å². The van der Waals surface area contributed by atoms with Crippen molar-refractivity contribution in [3.63, 3.8) is 0 Å². The predicted molar refractivity (Wildman–Crippen MR) is 131 cm³/mol. The van der Waals surface area contributed by atoms with E-state index in [1.165, 1.54) is 18.2 Å². The summed E-state index contributed by atoms with van der Waals surface area (Å²) in [6.45, 7) is -3.75. The number of alkyl halides is 2. The quantitative estimate of drug-likeness (QED) is 0.443. The van der Waals surface area contributed by atoms with Gasteiger partial charge in [-0.15, -0.1) is 0 Å². The first-order valence-electron chi connectivity index (χ1n) is 13.3. The van der Waals surface area contributed by atoms with E-state index < -0.39 is 37.1 Å². The molecule has 2 aromatic carbocycles. The van der Waals surface area contributed by atoms with Gasteiger partial charge < -0.3 is 24.7 Å². The highest BCUT2D eigenvalue weighted by Gasteiger charge is 2.45. The molecule has 0 saturated carbocycles. The summed E-state index contributed by atoms with van der Waals surface area (Å²) < 4.78 is 63.7. The van der Waals surface area contributed by atoms with E-state index in [2.05, 4.69) is 4.98 Å². The Labute approximate surface area is 214 Å². The van der Waals surface area contributed by atoms with E-state index >= 15 is 0 Å². The third kappa shape index (κ3) is 3.11. The maximum Gasteiger partial charge on any atom is 0.387 e. The molecular weight excluding hydrogens is 480 g/mol. The lowest BCUT2D eigenvalue weighted by Gasteiger charge is -2.24. The summed E-state index contributed by atoms with van der Waals surface area (Å²) in [6.07, 6.45) is 1.86. The Morgan fingerprint density at radius 2 is 2.11 bits per heavy atom. The summed E-state index contributed by atoms with van der Waals surface area (Å²) in [6, 6.07) is 10.1. The monoisotopic (exact) mass is 506 g/mol. The third-order valence-corrected chi connectivity index (χ3v) is 7.40. The first-order chi connectivity index (χ1) is 18.9. The van der Waals surface area contributed by atoms with E-state index in [0.717, 1.165) is 16.0 Å². The second kappa shape index (κ2) is 7.48. The number of rotatable bonds is 3. The average molecular weight is 507 g/mol. The van der Waals surface area contributed by atoms with Crippen molar-refractivity contribution in [2.45, 2.75) is 37.6 Å². The normalized spacial score (nSPS) is 25.2. The van der Waals surface area contributed by atoms with Crippen LogP contribution in [0.4, 0.5) is 8.78 Å². The molecule has 3 aliphatic rings. The number of carbonyl (C=O) groups is 1. The molecule has 0 fully saturated rings. The van der Waals surface area contributed by atoms with E-state index in [1.807, 2.05) is 29.7 Å². The molecule has 5 heterocycles. The number of imidazole rings is 1. The number of pyridine rings is 1. The molecule has 2 aromatic heterocycles. The number of benzene rings is 2. The van der Waals surface area contributed by atoms with Crippen LogP contribution in [0.5, 0.6) is 11.5 Å². The van der Waals surface area contributed by atoms with Crippen LogP contribution in [0.3, 0.4) is 0 Å². The predicted octanol–water partition coefficient (Wildman–Crippen LogP) is 4.39. The topological polar surface area (TPSA) is 95.5 Å². The van der Waals surface area contributed by atoms with E-state index in [-0.39, 0.29) is 23.3 Å². The zero-order valence-electron chi connectivity index (χ0n) is 22.6. The molecule has 0 spiro atoms. The third-order valence-electron chi connectivity index (χ3n) is 7.40. The molecular formula is C27H23F2N5O3. The molecule has 1 amide bonds. The molecule has 8 nitrogen and oxygen atoms in total. The van der Waals surface area contributed by atoms with Crippen molar-refractivity contribution >= 4 is 16.9 Å². The van der Waals surface area contributed by atoms with Gasteiger partial charge in [0.1, 0.15) is 29.6 Å². The van der Waals surface area contributed by atoms with Gasteiger partial charge in [-0.05, 0) is 42.8 Å². The largest absolute Gasteiger partial charge is 0.489 e. The fourth-order valence-electron chi connectivity index (χ4n) is 5.73. The lowest BCUT2D eigenvalue weighted by molar-refractivity contribution is -0.0507. The van der Waals surface area contributed by atoms with Gasteiger partial charge >= 0.3 is 6.61 Å². The first kappa shape index (κ1) is 19.1. The van der Waals surface area contributed by atoms with Crippen LogP contribution in [0.25, 0.3) is 22.2 Å². The van der Waals surface area contributed by atoms with Crippen molar-refractivity contribution in [3.8, 4) is 22.6 Å². The minimum absolute atomic E-state index is 0.00948. The number of aromatic nitrogens is 3. The number of nitrogens with zero attached hydrogens (tertiary/aromatic N) is 4. The van der Waals surface area contributed by atoms with Crippen LogP contribution >= 0.6 is 0 Å². The van der Waals surface area contributed by atoms with Crippen LogP contribution in [0.1, 0.15) is 57.0 Å². The van der Waals surface area contributed by atoms with Crippen LogP contribution < -0.4 is 15.2 Å². The van der Waals surface area contributed by atoms with Gasteiger partial charge in [0.15, 0.2) is 0 Å². The number of ether oxygens (including phenoxy) is 2. The van der Waals surface area contributed by atoms with Crippen LogP contribution in [-0.4, -0.2) is 45.5 Å². The lowest BCUT2D eigenvalue weighted by atomic mass is 9.97. The molecule has 10 heteroatoms. The number of fused-ring (bicyclic) bond motifs is 10. The second-order valence-electron chi connectivity index (χ2n) is 9.86. The van der Waals surface area contributed by atoms with Gasteiger partial charge in [0.2, 0.25) is 0 Å². The summed E-state index contributed by atoms with van der Waals surface area (Å²) in [7, 11) is 0. The van der Waals surface area contributed by atoms with Gasteiger partial charge in [-0.2, -0.15) is 8.78 Å². The second-order valence-corrected chi connectivity index (χ2v) is 9.86. The van der Waals surface area contributed by atoms with Crippen molar-refractivity contribution < 1.29 is 27.2 Å². The number of hydrogen-bond acceptors (Lipinski definition) is 6. The van der Waals surface area contributed by atoms with E-state index in [0.29, 0.717) is 34.9 Å². The highest BCUT2D eigenvalue weighted by molar-refractivity contribution is 5.98. The molecule has 0 radical (unpaired) electrons. The SMILES string of the molecule is [2H]C([2H])([2H])N1C(=O)c2cccc(OC(F)F)c2[C@H]2C[C@@H]1c1nc3ccc(-c4cnc5c(c4)OC[C@@]5(C)N)cc3n12. The van der Waals surface area contributed by atoms with Crippen molar-refractivity contribution in [3.05, 3.63) is 71.3 Å². The Bertz CT molecular complexity index is 1720. The molecule has 0 unspecified atom stereocenters. The Kier molecular flexibility index (Phi) is 3.87. The molecule has 188 valence electrons. The van der Waals surface area contributed by atoms with Gasteiger partial charge in [-0.3, -0.25) is 9.78 Å². The van der Waals surface area contributed by atoms with E-state index in [4.69, 9.17) is 24.3 Å². The Morgan fingerprint density at radius 3 is 2.92 bits per heavy atom. The first-order valence-corrected chi connectivity index (χ1v) is 11.8. The number of carbonyl (C=O) groups excluding carboxylic acids is 1. The maximum atomic E-state index is 13.6. The minimum Gasteiger partial charge on any atom is -0.489 e. The Balaban J connectivity index is 1.43. The summed E-state index contributed by atoms with van der Waals surface area (Å²) in [5.41, 5.74) is 9.27. The molecule has 3 aliphatic heterocycles. The minimum atomic E-state index is -3.13. The molecule has 2 N–H and O–H groups in total. The fourth-order valence-corrected chi connectivity index (χ4v) is 5.73. The van der Waals surface area contributed by atoms with Crippen molar-refractivity contribution in [2.24, 2.45) is 5.73 Å². The number of halogens is 2. The van der Waals surface area contributed by atoms with Gasteiger partial charge in [-0.25, -0.2) is 4.98 Å². The molecule has 0 saturated heterocycles. The smallest absolute Gasteiger partial charge is 0.387 e. The van der Waals surface area contributed by atoms with Crippen LogP contribution in [0, 0.1) is 0 Å². The highest BCUT2D eigenvalue weighted by Crippen LogP contribution is 2.50. The average Bonchev–Trinajstić information content (AvgIpc) is 3.49. The zero-order valence-corrected chi connectivity index (χ0v) is 19.6. The zero-order chi connectivity index (χ0) is 28.1. The fraction of sp³-hybridized carbons (Fsp3) is 0.296. The van der Waals surface area contributed by atoms with Crippen molar-refractivity contribution in [1.82, 2.24) is 19.4 Å². The van der Waals surface area contributed by atoms with Gasteiger partial charge in [0.25, 0.3) is 5.91 Å². The Morgan fingerprint density at radius 1 is 1.24 bits per heavy atom. The van der Waals surface area contributed by atoms with E-state index in [1.54, 1.807) is 12.3 Å². The van der Waals surface area contributed by atoms with Crippen molar-refractivity contribution in [1.29, 1.82) is 0 Å².